The van der Waals surface area contributed by atoms with Crippen LogP contribution in [0, 0.1) is 41.3 Å². The van der Waals surface area contributed by atoms with Gasteiger partial charge in [0.05, 0.1) is 0 Å². The van der Waals surface area contributed by atoms with Gasteiger partial charge in [0.1, 0.15) is 0 Å². The van der Waals surface area contributed by atoms with Crippen LogP contribution in [-0.2, 0) is 30.4 Å². The monoisotopic (exact) mass is 1640 g/mol. The molecule has 0 N–H and O–H groups in total. The van der Waals surface area contributed by atoms with Crippen LogP contribution in [0.1, 0.15) is 0 Å². The van der Waals surface area contributed by atoms with Crippen LogP contribution in [0.25, 0.3) is 0 Å². The molecular formula is C24F51O9PrS3. The smallest absolute Gasteiger partial charge is 0.743 e. The quantitative estimate of drug-likeness (QED) is 0.0801. The van der Waals surface area contributed by atoms with Crippen molar-refractivity contribution in [2.45, 2.75) is 141 Å². The second-order valence-electron chi connectivity index (χ2n) is 14.7. The SMILES string of the molecule is O=S(=O)([O-])C(F)(F)C(F)(F)C(F)(F)C(F)(F)C(F)(F)C(F)(F)C(F)(F)C(F)(F)F.O=S(=O)([O-])C(F)(F)C(F)(F)C(F)(F)C(F)(F)C(F)(F)C(F)(F)C(F)(F)C(F)(F)F.O=S(=O)([O-])C(F)(F)C(F)(F)C(F)(F)C(F)(F)C(F)(F)C(F)(F)C(F)(F)C(F)(F)F.[Pr+3]. The van der Waals surface area contributed by atoms with E-state index in [1.807, 2.05) is 0 Å². The molecule has 0 aliphatic heterocycles. The van der Waals surface area contributed by atoms with Crippen LogP contribution in [0.2, 0.25) is 0 Å². The number of hydrogen-bond acceptors (Lipinski definition) is 9. The zero-order valence-corrected chi connectivity index (χ0v) is 42.9. The van der Waals surface area contributed by atoms with Crippen molar-refractivity contribution in [1.82, 2.24) is 0 Å². The van der Waals surface area contributed by atoms with Crippen LogP contribution >= 0.6 is 0 Å². The summed E-state index contributed by atoms with van der Waals surface area (Å²) in [5.74, 6) is -156. The van der Waals surface area contributed by atoms with Crippen molar-refractivity contribution in [1.29, 1.82) is 0 Å². The summed E-state index contributed by atoms with van der Waals surface area (Å²) >= 11 is 0. The fraction of sp³-hybridized carbons (Fsp3) is 1.00. The first-order valence-corrected chi connectivity index (χ1v) is 21.2. The Morgan fingerprint density at radius 1 is 0.148 bits per heavy atom. The van der Waals surface area contributed by atoms with Crippen molar-refractivity contribution in [3.05, 3.63) is 0 Å². The fourth-order valence-corrected chi connectivity index (χ4v) is 5.25. The first-order chi connectivity index (χ1) is 36.0. The van der Waals surface area contributed by atoms with Crippen molar-refractivity contribution in [2.24, 2.45) is 0 Å². The minimum atomic E-state index is -8.92. The largest absolute Gasteiger partial charge is 3.00 e. The first-order valence-electron chi connectivity index (χ1n) is 17.0. The summed E-state index contributed by atoms with van der Waals surface area (Å²) in [4.78, 5) is 0. The third-order valence-electron chi connectivity index (χ3n) is 9.02. The van der Waals surface area contributed by atoms with Crippen molar-refractivity contribution in [3.63, 3.8) is 0 Å². The van der Waals surface area contributed by atoms with Gasteiger partial charge in [-0.3, -0.25) is 0 Å². The van der Waals surface area contributed by atoms with E-state index in [4.69, 9.17) is 0 Å². The molecule has 0 rings (SSSR count). The van der Waals surface area contributed by atoms with Gasteiger partial charge in [-0.05, 0) is 0 Å². The Balaban J connectivity index is -0.000000598. The van der Waals surface area contributed by atoms with E-state index in [1.165, 1.54) is 0 Å². The van der Waals surface area contributed by atoms with Crippen LogP contribution in [-0.4, -0.2) is 180 Å². The van der Waals surface area contributed by atoms with Gasteiger partial charge in [0.15, 0.2) is 30.4 Å². The van der Waals surface area contributed by atoms with Gasteiger partial charge in [0.2, 0.25) is 0 Å². The van der Waals surface area contributed by atoms with E-state index >= 15 is 0 Å². The standard InChI is InChI=1S/3C8HF17O3S.Pr/c3*9-1(10,3(13,14)5(17,18)7(21,22)23)2(11,12)4(15,16)6(19,20)8(24,25)29(26,27)28;/h3*(H,26,27,28);/q;;;+3/p-3. The number of rotatable bonds is 21. The third kappa shape index (κ3) is 12.5. The van der Waals surface area contributed by atoms with Crippen molar-refractivity contribution in [3.8, 4) is 0 Å². The van der Waals surface area contributed by atoms with Crippen LogP contribution in [0.4, 0.5) is 224 Å². The molecule has 0 saturated carbocycles. The molecule has 0 atom stereocenters. The predicted octanol–water partition coefficient (Wildman–Crippen LogP) is 13.5. The van der Waals surface area contributed by atoms with Crippen LogP contribution in [0.15, 0.2) is 0 Å². The van der Waals surface area contributed by atoms with Crippen molar-refractivity contribution < 1.29 is 304 Å². The van der Waals surface area contributed by atoms with E-state index in [0.29, 0.717) is 0 Å². The number of halogens is 51. The zero-order valence-electron chi connectivity index (χ0n) is 36.8. The molecule has 0 unspecified atom stereocenters. The van der Waals surface area contributed by atoms with Gasteiger partial charge < -0.3 is 13.7 Å². The molecule has 0 aliphatic carbocycles. The molecule has 0 amide bonds. The normalized spacial score (nSPS) is 16.7. The Labute approximate surface area is 474 Å². The summed E-state index contributed by atoms with van der Waals surface area (Å²) in [5.41, 5.74) is 0. The summed E-state index contributed by atoms with van der Waals surface area (Å²) in [7, 11) is -24.4. The van der Waals surface area contributed by atoms with Gasteiger partial charge in [-0.15, -0.1) is 0 Å². The molecule has 0 aromatic heterocycles. The molecule has 528 valence electrons. The Morgan fingerprint density at radius 3 is 0.284 bits per heavy atom. The van der Waals surface area contributed by atoms with E-state index in [0.717, 1.165) is 0 Å². The summed E-state index contributed by atoms with van der Waals surface area (Å²) in [6.07, 6.45) is -23.7. The van der Waals surface area contributed by atoms with Gasteiger partial charge in [0.25, 0.3) is 0 Å². The molecule has 0 aliphatic rings. The van der Waals surface area contributed by atoms with E-state index in [2.05, 4.69) is 0 Å². The second kappa shape index (κ2) is 23.2. The molecule has 9 nitrogen and oxygen atoms in total. The Hall–Kier alpha value is -2.48. The maximum atomic E-state index is 13.0. The molecular weight excluding hydrogens is 1640 g/mol. The minimum Gasteiger partial charge on any atom is -0.743 e. The second-order valence-corrected chi connectivity index (χ2v) is 19.0. The molecule has 0 radical (unpaired) electrons. The van der Waals surface area contributed by atoms with Crippen molar-refractivity contribution >= 4 is 30.4 Å². The molecule has 64 heteroatoms. The fourth-order valence-electron chi connectivity index (χ4n) is 3.92. The van der Waals surface area contributed by atoms with Gasteiger partial charge in [-0.25, -0.2) is 25.3 Å². The van der Waals surface area contributed by atoms with Crippen LogP contribution in [0.5, 0.6) is 0 Å². The maximum absolute atomic E-state index is 13.0. The van der Waals surface area contributed by atoms with E-state index in [-0.39, 0.29) is 41.3 Å². The Morgan fingerprint density at radius 2 is 0.216 bits per heavy atom. The predicted molar refractivity (Wildman–Crippen MR) is 151 cm³/mol. The first kappa shape index (κ1) is 91.9. The van der Waals surface area contributed by atoms with Gasteiger partial charge >= 0.3 is 182 Å². The average molecular weight is 1640 g/mol. The molecule has 0 spiro atoms. The summed E-state index contributed by atoms with van der Waals surface area (Å²) in [6, 6.07) is 0. The van der Waals surface area contributed by atoms with E-state index in [9.17, 15) is 263 Å². The Bertz CT molecular complexity index is 2500. The van der Waals surface area contributed by atoms with Crippen LogP contribution < -0.4 is 0 Å². The molecule has 0 fully saturated rings. The van der Waals surface area contributed by atoms with Gasteiger partial charge in [0, 0.05) is 0 Å². The Kier molecular flexibility index (Phi) is 24.2. The van der Waals surface area contributed by atoms with E-state index in [1.54, 1.807) is 0 Å². The molecule has 0 aromatic carbocycles. The summed E-state index contributed by atoms with van der Waals surface area (Å²) in [6.45, 7) is 0. The third-order valence-corrected chi connectivity index (χ3v) is 11.7. The minimum absolute atomic E-state index is 0. The van der Waals surface area contributed by atoms with E-state index < -0.39 is 171 Å². The number of alkyl halides is 51. The summed E-state index contributed by atoms with van der Waals surface area (Å²) in [5, 5.41) is -23.9. The van der Waals surface area contributed by atoms with Crippen LogP contribution in [0.3, 0.4) is 0 Å². The average Bonchev–Trinajstić information content (AvgIpc) is 3.23. The van der Waals surface area contributed by atoms with Crippen molar-refractivity contribution in [2.75, 3.05) is 0 Å². The molecule has 88 heavy (non-hydrogen) atoms. The molecule has 0 bridgehead atoms. The van der Waals surface area contributed by atoms with Gasteiger partial charge in [-0.1, -0.05) is 0 Å². The number of hydrogen-bond donors (Lipinski definition) is 0. The van der Waals surface area contributed by atoms with Gasteiger partial charge in [-0.2, -0.15) is 224 Å². The summed E-state index contributed by atoms with van der Waals surface area (Å²) < 4.78 is 732. The maximum Gasteiger partial charge on any atom is 3.00 e. The topological polar surface area (TPSA) is 172 Å². The zero-order chi connectivity index (χ0) is 73.5. The molecule has 0 heterocycles. The molecule has 0 aromatic rings. The molecule has 0 saturated heterocycles.